The summed E-state index contributed by atoms with van der Waals surface area (Å²) in [5.41, 5.74) is 0.882. The van der Waals surface area contributed by atoms with Crippen molar-refractivity contribution in [2.75, 3.05) is 13.2 Å². The van der Waals surface area contributed by atoms with Crippen LogP contribution >= 0.6 is 15.9 Å². The molecule has 0 fully saturated rings. The van der Waals surface area contributed by atoms with Crippen LogP contribution in [0.5, 0.6) is 11.5 Å². The third-order valence-electron chi connectivity index (χ3n) is 2.25. The fourth-order valence-electron chi connectivity index (χ4n) is 1.48. The molecule has 0 amide bonds. The number of ether oxygens (including phenoxy) is 2. The zero-order valence-electron chi connectivity index (χ0n) is 8.53. The number of aliphatic imine (C=N–C) groups is 1. The Morgan fingerprint density at radius 2 is 2.19 bits per heavy atom. The highest BCUT2D eigenvalue weighted by Crippen LogP contribution is 2.39. The van der Waals surface area contributed by atoms with Crippen molar-refractivity contribution in [2.45, 2.75) is 13.0 Å². The first-order chi connectivity index (χ1) is 7.83. The van der Waals surface area contributed by atoms with E-state index >= 15 is 0 Å². The molecule has 0 atom stereocenters. The minimum Gasteiger partial charge on any atom is -0.490 e. The van der Waals surface area contributed by atoms with Crippen molar-refractivity contribution in [3.63, 3.8) is 0 Å². The van der Waals surface area contributed by atoms with Gasteiger partial charge in [-0.15, -0.1) is 0 Å². The smallest absolute Gasteiger partial charge is 0.235 e. The second-order valence-corrected chi connectivity index (χ2v) is 4.12. The van der Waals surface area contributed by atoms with Gasteiger partial charge >= 0.3 is 0 Å². The fraction of sp³-hybridized carbons (Fsp3) is 0.364. The lowest BCUT2D eigenvalue weighted by molar-refractivity contribution is 0.296. The zero-order chi connectivity index (χ0) is 11.4. The van der Waals surface area contributed by atoms with Crippen LogP contribution in [0, 0.1) is 0 Å². The molecule has 1 aromatic carbocycles. The van der Waals surface area contributed by atoms with Gasteiger partial charge in [-0.05, 0) is 27.6 Å². The Hall–Kier alpha value is -1.32. The first-order valence-corrected chi connectivity index (χ1v) is 5.73. The number of benzene rings is 1. The summed E-state index contributed by atoms with van der Waals surface area (Å²) in [4.78, 5) is 13.6. The Morgan fingerprint density at radius 3 is 3.00 bits per heavy atom. The van der Waals surface area contributed by atoms with Crippen LogP contribution in [0.15, 0.2) is 21.6 Å². The van der Waals surface area contributed by atoms with Gasteiger partial charge in [0.15, 0.2) is 11.5 Å². The highest BCUT2D eigenvalue weighted by atomic mass is 79.9. The summed E-state index contributed by atoms with van der Waals surface area (Å²) >= 11 is 3.44. The van der Waals surface area contributed by atoms with Gasteiger partial charge in [-0.25, -0.2) is 9.79 Å². The number of fused-ring (bicyclic) bond motifs is 1. The van der Waals surface area contributed by atoms with Gasteiger partial charge in [-0.1, -0.05) is 6.07 Å². The molecule has 0 spiro atoms. The monoisotopic (exact) mass is 283 g/mol. The molecule has 2 rings (SSSR count). The molecule has 0 N–H and O–H groups in total. The normalized spacial score (nSPS) is 13.8. The summed E-state index contributed by atoms with van der Waals surface area (Å²) < 4.78 is 11.9. The minimum absolute atomic E-state index is 0.292. The van der Waals surface area contributed by atoms with Gasteiger partial charge in [0, 0.05) is 6.42 Å². The number of hydrogen-bond acceptors (Lipinski definition) is 4. The summed E-state index contributed by atoms with van der Waals surface area (Å²) in [5, 5.41) is 0. The van der Waals surface area contributed by atoms with Crippen molar-refractivity contribution in [2.24, 2.45) is 4.99 Å². The van der Waals surface area contributed by atoms with E-state index in [-0.39, 0.29) is 0 Å². The molecule has 1 aliphatic heterocycles. The largest absolute Gasteiger partial charge is 0.490 e. The Kier molecular flexibility index (Phi) is 3.59. The van der Waals surface area contributed by atoms with E-state index in [4.69, 9.17) is 9.47 Å². The SMILES string of the molecule is O=C=NCc1ccc2c(c1Br)OCCCO2. The molecule has 0 saturated heterocycles. The van der Waals surface area contributed by atoms with Crippen LogP contribution in [-0.4, -0.2) is 19.3 Å². The van der Waals surface area contributed by atoms with E-state index in [1.54, 1.807) is 0 Å². The van der Waals surface area contributed by atoms with Crippen molar-refractivity contribution in [1.82, 2.24) is 0 Å². The molecule has 16 heavy (non-hydrogen) atoms. The molecule has 1 aliphatic rings. The van der Waals surface area contributed by atoms with Crippen molar-refractivity contribution in [1.29, 1.82) is 0 Å². The first-order valence-electron chi connectivity index (χ1n) is 4.93. The van der Waals surface area contributed by atoms with Crippen molar-refractivity contribution in [3.05, 3.63) is 22.2 Å². The molecule has 1 heterocycles. The molecule has 5 heteroatoms. The maximum Gasteiger partial charge on any atom is 0.235 e. The predicted molar refractivity (Wildman–Crippen MR) is 61.6 cm³/mol. The quantitative estimate of drug-likeness (QED) is 0.619. The summed E-state index contributed by atoms with van der Waals surface area (Å²) in [6.07, 6.45) is 2.38. The highest BCUT2D eigenvalue weighted by molar-refractivity contribution is 9.10. The molecular weight excluding hydrogens is 274 g/mol. The molecule has 0 unspecified atom stereocenters. The lowest BCUT2D eigenvalue weighted by atomic mass is 10.2. The van der Waals surface area contributed by atoms with Crippen LogP contribution in [0.4, 0.5) is 0 Å². The number of nitrogens with zero attached hydrogens (tertiary/aromatic N) is 1. The maximum absolute atomic E-state index is 10.1. The second-order valence-electron chi connectivity index (χ2n) is 3.32. The summed E-state index contributed by atoms with van der Waals surface area (Å²) in [6.45, 7) is 1.58. The highest BCUT2D eigenvalue weighted by Gasteiger charge is 2.16. The van der Waals surface area contributed by atoms with Gasteiger partial charge in [0.1, 0.15) is 0 Å². The van der Waals surface area contributed by atoms with Crippen LogP contribution < -0.4 is 9.47 Å². The second kappa shape index (κ2) is 5.14. The number of halogens is 1. The molecule has 0 saturated carbocycles. The average Bonchev–Trinajstić information content (AvgIpc) is 2.54. The van der Waals surface area contributed by atoms with Crippen molar-refractivity contribution >= 4 is 22.0 Å². The molecule has 1 aromatic rings. The zero-order valence-corrected chi connectivity index (χ0v) is 10.1. The van der Waals surface area contributed by atoms with Crippen LogP contribution in [0.1, 0.15) is 12.0 Å². The molecule has 0 aromatic heterocycles. The van der Waals surface area contributed by atoms with Crippen LogP contribution in [0.25, 0.3) is 0 Å². The van der Waals surface area contributed by atoms with Gasteiger partial charge < -0.3 is 9.47 Å². The van der Waals surface area contributed by atoms with Gasteiger partial charge in [-0.2, -0.15) is 0 Å². The fourth-order valence-corrected chi connectivity index (χ4v) is 2.05. The Morgan fingerprint density at radius 1 is 1.38 bits per heavy atom. The summed E-state index contributed by atoms with van der Waals surface area (Å²) in [7, 11) is 0. The van der Waals surface area contributed by atoms with Crippen molar-refractivity contribution in [3.8, 4) is 11.5 Å². The van der Waals surface area contributed by atoms with Crippen LogP contribution in [-0.2, 0) is 11.3 Å². The lowest BCUT2D eigenvalue weighted by Crippen LogP contribution is -1.97. The molecule has 0 aliphatic carbocycles. The molecule has 4 nitrogen and oxygen atoms in total. The predicted octanol–water partition coefficient (Wildman–Crippen LogP) is 2.45. The van der Waals surface area contributed by atoms with E-state index in [0.717, 1.165) is 22.2 Å². The lowest BCUT2D eigenvalue weighted by Gasteiger charge is -2.11. The van der Waals surface area contributed by atoms with Crippen LogP contribution in [0.2, 0.25) is 0 Å². The summed E-state index contributed by atoms with van der Waals surface area (Å²) in [5.74, 6) is 1.42. The van der Waals surface area contributed by atoms with E-state index in [0.29, 0.717) is 25.5 Å². The number of carbonyl (C=O) groups excluding carboxylic acids is 1. The van der Waals surface area contributed by atoms with E-state index < -0.39 is 0 Å². The first kappa shape index (κ1) is 11.2. The Bertz CT molecular complexity index is 441. The molecule has 84 valence electrons. The number of hydrogen-bond donors (Lipinski definition) is 0. The van der Waals surface area contributed by atoms with Gasteiger partial charge in [0.2, 0.25) is 6.08 Å². The third-order valence-corrected chi connectivity index (χ3v) is 3.12. The molecule has 0 bridgehead atoms. The van der Waals surface area contributed by atoms with Crippen molar-refractivity contribution < 1.29 is 14.3 Å². The standard InChI is InChI=1S/C11H10BrNO3/c12-10-8(6-13-7-14)2-3-9-11(10)16-5-1-4-15-9/h2-3H,1,4-6H2. The maximum atomic E-state index is 10.1. The minimum atomic E-state index is 0.292. The van der Waals surface area contributed by atoms with Crippen LogP contribution in [0.3, 0.4) is 0 Å². The molecular formula is C11H10BrNO3. The summed E-state index contributed by atoms with van der Waals surface area (Å²) in [6, 6.07) is 3.69. The van der Waals surface area contributed by atoms with E-state index in [1.165, 1.54) is 6.08 Å². The number of isocyanates is 1. The average molecular weight is 284 g/mol. The Balaban J connectivity index is 2.37. The van der Waals surface area contributed by atoms with E-state index in [9.17, 15) is 4.79 Å². The van der Waals surface area contributed by atoms with Gasteiger partial charge in [-0.3, -0.25) is 0 Å². The Labute approximate surface area is 101 Å². The van der Waals surface area contributed by atoms with Gasteiger partial charge in [0.25, 0.3) is 0 Å². The third kappa shape index (κ3) is 2.26. The van der Waals surface area contributed by atoms with Gasteiger partial charge in [0.05, 0.1) is 24.2 Å². The topological polar surface area (TPSA) is 47.9 Å². The molecule has 0 radical (unpaired) electrons. The van der Waals surface area contributed by atoms with E-state index in [1.807, 2.05) is 12.1 Å². The van der Waals surface area contributed by atoms with E-state index in [2.05, 4.69) is 20.9 Å². The number of rotatable bonds is 2.